The van der Waals surface area contributed by atoms with Crippen LogP contribution in [-0.4, -0.2) is 4.57 Å². The van der Waals surface area contributed by atoms with Crippen LogP contribution in [0.25, 0.3) is 82.1 Å². The molecule has 1 unspecified atom stereocenters. The highest BCUT2D eigenvalue weighted by molar-refractivity contribution is 6.13. The molecule has 2 heterocycles. The van der Waals surface area contributed by atoms with Gasteiger partial charge in [0.2, 0.25) is 0 Å². The summed E-state index contributed by atoms with van der Waals surface area (Å²) in [5.41, 5.74) is 21.2. The Labute approximate surface area is 440 Å². The van der Waals surface area contributed by atoms with Crippen molar-refractivity contribution < 1.29 is 0 Å². The lowest BCUT2D eigenvalue weighted by atomic mass is 9.65. The van der Waals surface area contributed by atoms with Gasteiger partial charge in [0.1, 0.15) is 0 Å². The summed E-state index contributed by atoms with van der Waals surface area (Å²) >= 11 is 0. The van der Waals surface area contributed by atoms with Gasteiger partial charge in [-0.1, -0.05) is 231 Å². The van der Waals surface area contributed by atoms with Gasteiger partial charge >= 0.3 is 0 Å². The molecule has 0 fully saturated rings. The Morgan fingerprint density at radius 1 is 0.276 bits per heavy atom. The van der Waals surface area contributed by atoms with Crippen molar-refractivity contribution in [1.29, 1.82) is 0 Å². The molecule has 2 heteroatoms. The third kappa shape index (κ3) is 5.30. The Hall–Kier alpha value is -9.76. The molecule has 0 amide bonds. The number of hydrogen-bond donors (Lipinski definition) is 0. The number of hydrogen-bond acceptors (Lipinski definition) is 1. The van der Waals surface area contributed by atoms with E-state index in [1.54, 1.807) is 0 Å². The number of aromatic nitrogens is 1. The molecular weight excluding hydrogens is 917 g/mol. The highest BCUT2D eigenvalue weighted by atomic mass is 15.1. The quantitative estimate of drug-likeness (QED) is 0.156. The smallest absolute Gasteiger partial charge is 0.0755 e. The van der Waals surface area contributed by atoms with Gasteiger partial charge in [0.15, 0.2) is 0 Å². The third-order valence-electron chi connectivity index (χ3n) is 17.6. The Morgan fingerprint density at radius 2 is 0.803 bits per heavy atom. The van der Waals surface area contributed by atoms with Gasteiger partial charge in [-0.15, -0.1) is 0 Å². The molecule has 1 aliphatic heterocycles. The van der Waals surface area contributed by atoms with Crippen LogP contribution < -0.4 is 4.90 Å². The predicted molar refractivity (Wildman–Crippen MR) is 316 cm³/mol. The average Bonchev–Trinajstić information content (AvgIpc) is 4.26. The molecule has 14 aromatic rings. The summed E-state index contributed by atoms with van der Waals surface area (Å²) in [6, 6.07) is 105. The van der Waals surface area contributed by atoms with Crippen LogP contribution in [0.3, 0.4) is 0 Å². The predicted octanol–water partition coefficient (Wildman–Crippen LogP) is 18.8. The van der Waals surface area contributed by atoms with Gasteiger partial charge < -0.3 is 9.47 Å². The van der Waals surface area contributed by atoms with E-state index in [-0.39, 0.29) is 0 Å². The van der Waals surface area contributed by atoms with E-state index in [0.717, 1.165) is 17.1 Å². The highest BCUT2D eigenvalue weighted by Gasteiger charge is 2.52. The molecule has 2 aliphatic carbocycles. The minimum absolute atomic E-state index is 0.603. The number of rotatable bonds is 5. The summed E-state index contributed by atoms with van der Waals surface area (Å²) in [5, 5.41) is 10.0. The fourth-order valence-corrected chi connectivity index (χ4v) is 14.7. The molecular formula is C74H46N2. The number of fused-ring (bicyclic) bond motifs is 20. The van der Waals surface area contributed by atoms with Crippen molar-refractivity contribution in [3.63, 3.8) is 0 Å². The van der Waals surface area contributed by atoms with Gasteiger partial charge in [0.25, 0.3) is 0 Å². The zero-order chi connectivity index (χ0) is 49.7. The molecule has 1 spiro atoms. The molecule has 0 radical (unpaired) electrons. The van der Waals surface area contributed by atoms with Crippen LogP contribution in [0.4, 0.5) is 17.1 Å². The molecule has 2 nitrogen and oxygen atoms in total. The van der Waals surface area contributed by atoms with Gasteiger partial charge in [-0.05, 0) is 148 Å². The maximum atomic E-state index is 2.55. The zero-order valence-corrected chi connectivity index (χ0v) is 41.5. The van der Waals surface area contributed by atoms with Gasteiger partial charge in [-0.3, -0.25) is 0 Å². The third-order valence-corrected chi connectivity index (χ3v) is 17.6. The van der Waals surface area contributed by atoms with Crippen molar-refractivity contribution in [2.45, 2.75) is 10.8 Å². The van der Waals surface area contributed by atoms with Gasteiger partial charge in [0, 0.05) is 27.8 Å². The molecule has 0 bridgehead atoms. The van der Waals surface area contributed by atoms with Crippen LogP contribution in [-0.2, 0) is 10.8 Å². The maximum Gasteiger partial charge on any atom is 0.0755 e. The number of anilines is 3. The van der Waals surface area contributed by atoms with Crippen molar-refractivity contribution in [3.8, 4) is 27.9 Å². The summed E-state index contributed by atoms with van der Waals surface area (Å²) in [4.78, 5) is 2.54. The second-order valence-electron chi connectivity index (χ2n) is 21.0. The van der Waals surface area contributed by atoms with Crippen LogP contribution in [0.15, 0.2) is 279 Å². The van der Waals surface area contributed by atoms with Crippen molar-refractivity contribution in [1.82, 2.24) is 4.57 Å². The monoisotopic (exact) mass is 962 g/mol. The van der Waals surface area contributed by atoms with Crippen LogP contribution in [0, 0.1) is 0 Å². The molecule has 13 aromatic carbocycles. The maximum absolute atomic E-state index is 2.55. The van der Waals surface area contributed by atoms with Gasteiger partial charge in [0.05, 0.1) is 27.6 Å². The summed E-state index contributed by atoms with van der Waals surface area (Å²) in [6.45, 7) is 0. The Balaban J connectivity index is 0.973. The SMILES string of the molecule is c1ccc(C2(c3ccccc3)c3cc(N(c4ccc5c(c4)C4(c6ccccc6-5)c5ccccc5-n5c6ccccc6c6cccc4c65)c4ccc5c(ccc6ccccc65)c4)ccc3-c3c2ccc2ccccc32)cc1. The first-order chi connectivity index (χ1) is 37.7. The summed E-state index contributed by atoms with van der Waals surface area (Å²) in [7, 11) is 0. The first-order valence-electron chi connectivity index (χ1n) is 26.6. The summed E-state index contributed by atoms with van der Waals surface area (Å²) in [5.74, 6) is 0. The lowest BCUT2D eigenvalue weighted by molar-refractivity contribution is 0.748. The number of benzene rings is 13. The highest BCUT2D eigenvalue weighted by Crippen LogP contribution is 2.63. The first kappa shape index (κ1) is 41.7. The van der Waals surface area contributed by atoms with E-state index < -0.39 is 10.8 Å². The summed E-state index contributed by atoms with van der Waals surface area (Å²) < 4.78 is 2.54. The minimum atomic E-state index is -0.604. The Morgan fingerprint density at radius 3 is 1.59 bits per heavy atom. The normalized spacial score (nSPS) is 15.3. The van der Waals surface area contributed by atoms with E-state index in [1.807, 2.05) is 0 Å². The average molecular weight is 963 g/mol. The van der Waals surface area contributed by atoms with E-state index in [0.29, 0.717) is 0 Å². The van der Waals surface area contributed by atoms with E-state index >= 15 is 0 Å². The topological polar surface area (TPSA) is 8.17 Å². The number of nitrogens with zero attached hydrogens (tertiary/aromatic N) is 2. The fourth-order valence-electron chi connectivity index (χ4n) is 14.7. The first-order valence-corrected chi connectivity index (χ1v) is 26.6. The van der Waals surface area contributed by atoms with Crippen molar-refractivity contribution in [2.24, 2.45) is 0 Å². The molecule has 0 N–H and O–H groups in total. The Bertz CT molecular complexity index is 4730. The van der Waals surface area contributed by atoms with E-state index in [9.17, 15) is 0 Å². The second kappa shape index (κ2) is 15.4. The lowest BCUT2D eigenvalue weighted by Gasteiger charge is -2.40. The Kier molecular flexibility index (Phi) is 8.44. The van der Waals surface area contributed by atoms with E-state index in [1.165, 1.54) is 127 Å². The molecule has 1 aromatic heterocycles. The van der Waals surface area contributed by atoms with Crippen LogP contribution >= 0.6 is 0 Å². The molecule has 17 rings (SSSR count). The zero-order valence-electron chi connectivity index (χ0n) is 41.5. The largest absolute Gasteiger partial charge is 0.310 e. The van der Waals surface area contributed by atoms with E-state index in [4.69, 9.17) is 0 Å². The fraction of sp³-hybridized carbons (Fsp3) is 0.0270. The van der Waals surface area contributed by atoms with Crippen LogP contribution in [0.2, 0.25) is 0 Å². The minimum Gasteiger partial charge on any atom is -0.310 e. The van der Waals surface area contributed by atoms with E-state index in [2.05, 4.69) is 289 Å². The van der Waals surface area contributed by atoms with Crippen molar-refractivity contribution in [3.05, 3.63) is 324 Å². The van der Waals surface area contributed by atoms with Gasteiger partial charge in [-0.2, -0.15) is 0 Å². The van der Waals surface area contributed by atoms with Gasteiger partial charge in [-0.25, -0.2) is 0 Å². The summed E-state index contributed by atoms with van der Waals surface area (Å²) in [6.07, 6.45) is 0. The molecule has 76 heavy (non-hydrogen) atoms. The van der Waals surface area contributed by atoms with Crippen LogP contribution in [0.5, 0.6) is 0 Å². The molecule has 352 valence electrons. The lowest BCUT2D eigenvalue weighted by Crippen LogP contribution is -2.33. The molecule has 0 saturated heterocycles. The number of para-hydroxylation sites is 3. The molecule has 3 aliphatic rings. The molecule has 1 atom stereocenters. The standard InChI is InChI=1S/C74H46N2/c1-3-20-50(21-4-1)73(51-22-5-2-6-23-51)65-43-36-48-19-8-10-25-57(48)71(65)62-42-39-54(46-68(62)73)75(52-37-40-56-49(44-52)35-34-47-18-7-9-24-55(47)56)53-38-41-59-58-26-11-13-29-63(58)74(67(59)45-53)64-30-14-16-33-70(64)76-69-32-15-12-27-60(69)61-28-17-31-66(74)72(61)76/h1-46H. The van der Waals surface area contributed by atoms with Crippen molar-refractivity contribution in [2.75, 3.05) is 4.90 Å². The van der Waals surface area contributed by atoms with Crippen molar-refractivity contribution >= 4 is 71.2 Å². The second-order valence-corrected chi connectivity index (χ2v) is 21.0. The molecule has 0 saturated carbocycles. The van der Waals surface area contributed by atoms with Crippen LogP contribution in [0.1, 0.15) is 44.5 Å².